The zero-order valence-electron chi connectivity index (χ0n) is 34.6. The van der Waals surface area contributed by atoms with E-state index in [2.05, 4.69) is 38.3 Å². The van der Waals surface area contributed by atoms with Crippen molar-refractivity contribution in [3.63, 3.8) is 0 Å². The summed E-state index contributed by atoms with van der Waals surface area (Å²) in [7, 11) is -4.57. The third-order valence-corrected chi connectivity index (χ3v) is 15.3. The molecule has 324 valence electrons. The average molecular weight is 873 g/mol. The lowest BCUT2D eigenvalue weighted by Gasteiger charge is -2.40. The number of sulfonamides is 1. The Morgan fingerprint density at radius 2 is 1.85 bits per heavy atom. The highest BCUT2D eigenvalue weighted by molar-refractivity contribution is 7.90. The Labute approximate surface area is 361 Å². The fourth-order valence-corrected chi connectivity index (χ4v) is 11.3. The van der Waals surface area contributed by atoms with Crippen LogP contribution in [0.25, 0.3) is 11.0 Å². The van der Waals surface area contributed by atoms with Crippen LogP contribution < -0.4 is 19.1 Å². The van der Waals surface area contributed by atoms with Gasteiger partial charge < -0.3 is 24.1 Å². The van der Waals surface area contributed by atoms with E-state index in [0.29, 0.717) is 47.2 Å². The highest BCUT2D eigenvalue weighted by Gasteiger charge is 2.55. The van der Waals surface area contributed by atoms with Crippen LogP contribution in [-0.2, 0) is 14.8 Å². The van der Waals surface area contributed by atoms with Gasteiger partial charge in [-0.05, 0) is 110 Å². The van der Waals surface area contributed by atoms with Crippen molar-refractivity contribution < 1.29 is 32.3 Å². The molecule has 16 heteroatoms. The van der Waals surface area contributed by atoms with Crippen LogP contribution in [0.2, 0.25) is 0 Å². The number of alkyl halides is 1. The standard InChI is InChI=1S/C45H53ClN6O8S/c1-45(2)11-7-30(38(24-45)36-23-39(46)37-22-35(36)37)26-50-13-15-51(16-14-50)31-3-5-34(42(20-31)60-32-19-29-8-12-47-43(29)48-25-32)44(53)49-61(56,57)33-4-6-41(40(21-33)52(54)55)59-27-28-9-17-58-18-10-28/h3-6,8,12,19-21,25,28,35-37,39H,7,9-11,13-18,22-24,26-27H2,1-2H3,(H,47,48)(H,49,53)/t35?,36-,37?,39+/m0/s1. The zero-order chi connectivity index (χ0) is 42.5. The van der Waals surface area contributed by atoms with Crippen LogP contribution >= 0.6 is 11.6 Å². The molecule has 9 rings (SSSR count). The highest BCUT2D eigenvalue weighted by Crippen LogP contribution is 2.61. The molecular formula is C45H53ClN6O8S. The van der Waals surface area contributed by atoms with Gasteiger partial charge in [0, 0.05) is 80.7 Å². The monoisotopic (exact) mass is 872 g/mol. The molecule has 2 aromatic carbocycles. The van der Waals surface area contributed by atoms with Gasteiger partial charge in [-0.1, -0.05) is 25.0 Å². The van der Waals surface area contributed by atoms with E-state index in [-0.39, 0.29) is 29.6 Å². The minimum Gasteiger partial charge on any atom is -0.487 e. The summed E-state index contributed by atoms with van der Waals surface area (Å²) in [4.78, 5) is 37.1. The largest absolute Gasteiger partial charge is 0.487 e. The molecule has 0 radical (unpaired) electrons. The lowest BCUT2D eigenvalue weighted by Crippen LogP contribution is -2.47. The number of nitrogens with zero attached hydrogens (tertiary/aromatic N) is 4. The second-order valence-electron chi connectivity index (χ2n) is 18.2. The molecule has 2 unspecified atom stereocenters. The average Bonchev–Trinajstić information content (AvgIpc) is 3.79. The molecule has 1 amide bonds. The number of allylic oxidation sites excluding steroid dienone is 1. The number of amides is 1. The number of piperazine rings is 1. The van der Waals surface area contributed by atoms with Crippen molar-refractivity contribution in [2.75, 3.05) is 57.4 Å². The number of pyridine rings is 1. The summed E-state index contributed by atoms with van der Waals surface area (Å²) in [5.74, 6) is 1.76. The number of aromatic amines is 1. The highest BCUT2D eigenvalue weighted by atomic mass is 35.5. The van der Waals surface area contributed by atoms with E-state index < -0.39 is 31.4 Å². The molecule has 2 aromatic heterocycles. The number of nitrogens with one attached hydrogen (secondary N) is 2. The van der Waals surface area contributed by atoms with E-state index in [1.54, 1.807) is 41.6 Å². The SMILES string of the molecule is CC1(C)CCC(CN2CCN(c3ccc(C(=O)NS(=O)(=O)c4ccc(OCC5CCOCC5)c([N+](=O)[O-])c4)c(Oc4cnc5[nH]ccc5c4)c3)CC2)=C([C@H]2C[C@@H](Cl)C3CC32)C1. The van der Waals surface area contributed by atoms with E-state index >= 15 is 0 Å². The summed E-state index contributed by atoms with van der Waals surface area (Å²) >= 11 is 6.78. The van der Waals surface area contributed by atoms with Gasteiger partial charge in [-0.3, -0.25) is 19.8 Å². The number of rotatable bonds is 13. The maximum Gasteiger partial charge on any atom is 0.312 e. The minimum absolute atomic E-state index is 0.0327. The normalized spacial score (nSPS) is 24.4. The number of anilines is 1. The van der Waals surface area contributed by atoms with Crippen LogP contribution in [-0.4, -0.2) is 92.0 Å². The number of nitro groups is 1. The summed E-state index contributed by atoms with van der Waals surface area (Å²) in [5, 5.41) is 13.2. The molecule has 4 heterocycles. The number of H-pyrrole nitrogens is 1. The van der Waals surface area contributed by atoms with Gasteiger partial charge in [0.05, 0.1) is 28.2 Å². The number of benzene rings is 2. The fourth-order valence-electron chi connectivity index (χ4n) is 9.86. The van der Waals surface area contributed by atoms with Crippen LogP contribution in [0.4, 0.5) is 11.4 Å². The van der Waals surface area contributed by atoms with Crippen molar-refractivity contribution >= 4 is 49.9 Å². The van der Waals surface area contributed by atoms with E-state index in [0.717, 1.165) is 87.9 Å². The smallest absolute Gasteiger partial charge is 0.312 e. The van der Waals surface area contributed by atoms with Gasteiger partial charge in [-0.25, -0.2) is 18.1 Å². The Morgan fingerprint density at radius 1 is 1.05 bits per heavy atom. The number of hydrogen-bond donors (Lipinski definition) is 2. The quantitative estimate of drug-likeness (QED) is 0.0577. The predicted molar refractivity (Wildman–Crippen MR) is 232 cm³/mol. The van der Waals surface area contributed by atoms with Crippen LogP contribution in [0.1, 0.15) is 69.2 Å². The molecule has 0 spiro atoms. The molecule has 2 aliphatic heterocycles. The number of carbonyl (C=O) groups excluding carboxylic acids is 1. The zero-order valence-corrected chi connectivity index (χ0v) is 36.2. The summed E-state index contributed by atoms with van der Waals surface area (Å²) in [5.41, 5.74) is 4.56. The van der Waals surface area contributed by atoms with Crippen molar-refractivity contribution in [2.24, 2.45) is 29.1 Å². The topological polar surface area (TPSA) is 169 Å². The molecule has 4 atom stereocenters. The first kappa shape index (κ1) is 41.6. The Morgan fingerprint density at radius 3 is 2.59 bits per heavy atom. The molecule has 3 aliphatic carbocycles. The number of nitro benzene ring substituents is 1. The molecule has 2 saturated carbocycles. The van der Waals surface area contributed by atoms with Crippen molar-refractivity contribution in [1.82, 2.24) is 19.6 Å². The Hall–Kier alpha value is -4.70. The molecule has 2 N–H and O–H groups in total. The van der Waals surface area contributed by atoms with E-state index in [1.165, 1.54) is 31.2 Å². The first-order chi connectivity index (χ1) is 29.3. The van der Waals surface area contributed by atoms with Crippen LogP contribution in [0.15, 0.2) is 77.0 Å². The number of hydrogen-bond acceptors (Lipinski definition) is 11. The maximum absolute atomic E-state index is 13.9. The van der Waals surface area contributed by atoms with E-state index in [4.69, 9.17) is 25.8 Å². The van der Waals surface area contributed by atoms with Gasteiger partial charge in [0.15, 0.2) is 5.75 Å². The van der Waals surface area contributed by atoms with E-state index in [1.807, 2.05) is 6.07 Å². The summed E-state index contributed by atoms with van der Waals surface area (Å²) < 4.78 is 46.9. The van der Waals surface area contributed by atoms with Crippen molar-refractivity contribution in [2.45, 2.75) is 69.1 Å². The molecule has 14 nitrogen and oxygen atoms in total. The summed E-state index contributed by atoms with van der Waals surface area (Å²) in [6.07, 6.45) is 10.7. The number of halogens is 1. The molecule has 2 saturated heterocycles. The maximum atomic E-state index is 13.9. The van der Waals surface area contributed by atoms with Crippen molar-refractivity contribution in [1.29, 1.82) is 0 Å². The Bertz CT molecular complexity index is 2460. The van der Waals surface area contributed by atoms with Gasteiger partial charge in [-0.15, -0.1) is 11.6 Å². The van der Waals surface area contributed by atoms with Crippen molar-refractivity contribution in [3.8, 4) is 17.2 Å². The fraction of sp³-hybridized carbons (Fsp3) is 0.511. The summed E-state index contributed by atoms with van der Waals surface area (Å²) in [6.45, 7) is 10.5. The first-order valence-corrected chi connectivity index (χ1v) is 23.4. The van der Waals surface area contributed by atoms with Crippen molar-refractivity contribution in [3.05, 3.63) is 87.7 Å². The molecule has 61 heavy (non-hydrogen) atoms. The minimum atomic E-state index is -4.57. The first-order valence-electron chi connectivity index (χ1n) is 21.4. The molecule has 4 fully saturated rings. The number of ether oxygens (including phenoxy) is 3. The number of fused-ring (bicyclic) bond motifs is 2. The van der Waals surface area contributed by atoms with Crippen LogP contribution in [0.3, 0.4) is 0 Å². The van der Waals surface area contributed by atoms with Gasteiger partial charge in [0.2, 0.25) is 0 Å². The third-order valence-electron chi connectivity index (χ3n) is 13.5. The van der Waals surface area contributed by atoms with Crippen LogP contribution in [0.5, 0.6) is 17.2 Å². The molecule has 4 aromatic rings. The lowest BCUT2D eigenvalue weighted by atomic mass is 9.70. The second kappa shape index (κ2) is 16.9. The molecular weight excluding hydrogens is 820 g/mol. The molecule has 5 aliphatic rings. The number of aromatic nitrogens is 2. The van der Waals surface area contributed by atoms with Gasteiger partial charge >= 0.3 is 5.69 Å². The second-order valence-corrected chi connectivity index (χ2v) is 20.5. The van der Waals surface area contributed by atoms with Gasteiger partial charge in [0.25, 0.3) is 15.9 Å². The Balaban J connectivity index is 0.921. The number of carbonyl (C=O) groups is 1. The van der Waals surface area contributed by atoms with E-state index in [9.17, 15) is 23.3 Å². The molecule has 0 bridgehead atoms. The van der Waals surface area contributed by atoms with Gasteiger partial charge in [-0.2, -0.15) is 0 Å². The predicted octanol–water partition coefficient (Wildman–Crippen LogP) is 8.08. The van der Waals surface area contributed by atoms with Crippen LogP contribution in [0, 0.1) is 39.2 Å². The Kier molecular flexibility index (Phi) is 11.5. The summed E-state index contributed by atoms with van der Waals surface area (Å²) in [6, 6.07) is 12.1. The third kappa shape index (κ3) is 9.11. The lowest BCUT2D eigenvalue weighted by molar-refractivity contribution is -0.386. The van der Waals surface area contributed by atoms with Gasteiger partial charge in [0.1, 0.15) is 17.1 Å².